The molecule has 3 rings (SSSR count). The summed E-state index contributed by atoms with van der Waals surface area (Å²) in [5, 5.41) is 0.881. The van der Waals surface area contributed by atoms with Crippen molar-refractivity contribution in [2.75, 3.05) is 32.2 Å². The number of aromatic nitrogens is 2. The largest absolute Gasteiger partial charge is 0.497 e. The second-order valence-corrected chi connectivity index (χ2v) is 5.78. The summed E-state index contributed by atoms with van der Waals surface area (Å²) in [6, 6.07) is 15.3. The average molecular weight is 351 g/mol. The summed E-state index contributed by atoms with van der Waals surface area (Å²) in [5.41, 5.74) is 1.66. The molecule has 26 heavy (non-hydrogen) atoms. The first kappa shape index (κ1) is 17.7. The number of hydrogen-bond acceptors (Lipinski definition) is 6. The Morgan fingerprint density at radius 1 is 1.12 bits per heavy atom. The van der Waals surface area contributed by atoms with E-state index in [4.69, 9.17) is 14.5 Å². The number of carbonyl (C=O) groups excluding carboxylic acids is 1. The van der Waals surface area contributed by atoms with Crippen LogP contribution in [0, 0.1) is 0 Å². The number of nitrogens with zero attached hydrogens (tertiary/aromatic N) is 3. The van der Waals surface area contributed by atoms with Crippen LogP contribution in [0.5, 0.6) is 5.75 Å². The molecule has 0 amide bonds. The van der Waals surface area contributed by atoms with Gasteiger partial charge in [-0.1, -0.05) is 24.3 Å². The number of carbonyl (C=O) groups is 1. The quantitative estimate of drug-likeness (QED) is 0.635. The van der Waals surface area contributed by atoms with Gasteiger partial charge >= 0.3 is 5.97 Å². The summed E-state index contributed by atoms with van der Waals surface area (Å²) in [5.74, 6) is 1.70. The molecule has 6 heteroatoms. The number of likely N-dealkylation sites (N-methyl/N-ethyl adjacent to an activating group) is 1. The second kappa shape index (κ2) is 7.82. The molecule has 3 aromatic rings. The average Bonchev–Trinajstić information content (AvgIpc) is 2.67. The van der Waals surface area contributed by atoms with Gasteiger partial charge in [0.25, 0.3) is 0 Å². The lowest BCUT2D eigenvalue weighted by Crippen LogP contribution is -2.28. The van der Waals surface area contributed by atoms with Crippen molar-refractivity contribution in [1.29, 1.82) is 0 Å². The van der Waals surface area contributed by atoms with Gasteiger partial charge in [0.2, 0.25) is 0 Å². The van der Waals surface area contributed by atoms with E-state index in [0.29, 0.717) is 18.2 Å². The van der Waals surface area contributed by atoms with Crippen LogP contribution in [-0.2, 0) is 9.53 Å². The Hall–Kier alpha value is -3.15. The molecule has 0 fully saturated rings. The fraction of sp³-hybridized carbons (Fsp3) is 0.250. The maximum atomic E-state index is 11.9. The molecule has 134 valence electrons. The molecule has 0 aliphatic rings. The van der Waals surface area contributed by atoms with Gasteiger partial charge in [0, 0.05) is 18.0 Å². The number of ether oxygens (including phenoxy) is 2. The topological polar surface area (TPSA) is 64.5 Å². The van der Waals surface area contributed by atoms with Crippen LogP contribution in [0.1, 0.15) is 6.92 Å². The van der Waals surface area contributed by atoms with Crippen LogP contribution in [-0.4, -0.2) is 43.2 Å². The van der Waals surface area contributed by atoms with Crippen LogP contribution < -0.4 is 9.64 Å². The lowest BCUT2D eigenvalue weighted by atomic mass is 10.1. The van der Waals surface area contributed by atoms with E-state index in [9.17, 15) is 4.79 Å². The Bertz CT molecular complexity index is 927. The SMILES string of the molecule is CCOC(=O)CN(C)c1nc(-c2cccc(OC)c2)nc2ccccc12. The molecule has 0 bridgehead atoms. The monoisotopic (exact) mass is 351 g/mol. The fourth-order valence-corrected chi connectivity index (χ4v) is 2.72. The van der Waals surface area contributed by atoms with E-state index in [2.05, 4.69) is 4.98 Å². The molecular weight excluding hydrogens is 330 g/mol. The third kappa shape index (κ3) is 3.74. The standard InChI is InChI=1S/C20H21N3O3/c1-4-26-18(24)13-23(2)20-16-10-5-6-11-17(16)21-19(22-20)14-8-7-9-15(12-14)25-3/h5-12H,4,13H2,1-3H3. The third-order valence-electron chi connectivity index (χ3n) is 3.94. The maximum Gasteiger partial charge on any atom is 0.325 e. The van der Waals surface area contributed by atoms with Crippen molar-refractivity contribution in [3.8, 4) is 17.1 Å². The number of esters is 1. The zero-order valence-corrected chi connectivity index (χ0v) is 15.1. The van der Waals surface area contributed by atoms with Crippen LogP contribution in [0.2, 0.25) is 0 Å². The van der Waals surface area contributed by atoms with Gasteiger partial charge in [-0.25, -0.2) is 9.97 Å². The van der Waals surface area contributed by atoms with Crippen molar-refractivity contribution in [3.63, 3.8) is 0 Å². The molecule has 0 atom stereocenters. The molecule has 0 unspecified atom stereocenters. The zero-order valence-electron chi connectivity index (χ0n) is 15.1. The normalized spacial score (nSPS) is 10.6. The molecular formula is C20H21N3O3. The molecule has 6 nitrogen and oxygen atoms in total. The lowest BCUT2D eigenvalue weighted by Gasteiger charge is -2.19. The zero-order chi connectivity index (χ0) is 18.5. The molecule has 0 saturated carbocycles. The Labute approximate surface area is 152 Å². The third-order valence-corrected chi connectivity index (χ3v) is 3.94. The smallest absolute Gasteiger partial charge is 0.325 e. The molecule has 2 aromatic carbocycles. The summed E-state index contributed by atoms with van der Waals surface area (Å²) < 4.78 is 10.3. The van der Waals surface area contributed by atoms with Crippen molar-refractivity contribution in [2.24, 2.45) is 0 Å². The van der Waals surface area contributed by atoms with Crippen LogP contribution in [0.4, 0.5) is 5.82 Å². The van der Waals surface area contributed by atoms with Crippen molar-refractivity contribution in [2.45, 2.75) is 6.92 Å². The molecule has 0 saturated heterocycles. The minimum atomic E-state index is -0.291. The predicted octanol–water partition coefficient (Wildman–Crippen LogP) is 3.30. The highest BCUT2D eigenvalue weighted by atomic mass is 16.5. The summed E-state index contributed by atoms with van der Waals surface area (Å²) in [6.45, 7) is 2.26. The van der Waals surface area contributed by atoms with Gasteiger partial charge in [-0.15, -0.1) is 0 Å². The predicted molar refractivity (Wildman–Crippen MR) is 101 cm³/mol. The van der Waals surface area contributed by atoms with Gasteiger partial charge in [0.05, 0.1) is 19.2 Å². The number of methoxy groups -OCH3 is 1. The van der Waals surface area contributed by atoms with Gasteiger partial charge in [0.1, 0.15) is 18.1 Å². The minimum absolute atomic E-state index is 0.117. The van der Waals surface area contributed by atoms with E-state index in [1.165, 1.54) is 0 Å². The first-order chi connectivity index (χ1) is 12.6. The fourth-order valence-electron chi connectivity index (χ4n) is 2.72. The van der Waals surface area contributed by atoms with E-state index in [1.807, 2.05) is 55.6 Å². The number of hydrogen-bond donors (Lipinski definition) is 0. The molecule has 0 N–H and O–H groups in total. The molecule has 0 aliphatic heterocycles. The first-order valence-corrected chi connectivity index (χ1v) is 8.40. The lowest BCUT2D eigenvalue weighted by molar-refractivity contribution is -0.141. The van der Waals surface area contributed by atoms with E-state index in [1.54, 1.807) is 18.9 Å². The number of rotatable bonds is 6. The van der Waals surface area contributed by atoms with Crippen LogP contribution in [0.3, 0.4) is 0 Å². The van der Waals surface area contributed by atoms with Gasteiger partial charge in [0.15, 0.2) is 5.82 Å². The number of fused-ring (bicyclic) bond motifs is 1. The van der Waals surface area contributed by atoms with Crippen LogP contribution in [0.15, 0.2) is 48.5 Å². The van der Waals surface area contributed by atoms with Crippen LogP contribution in [0.25, 0.3) is 22.3 Å². The molecule has 0 aliphatic carbocycles. The highest BCUT2D eigenvalue weighted by molar-refractivity contribution is 5.92. The molecule has 1 aromatic heterocycles. The molecule has 0 spiro atoms. The van der Waals surface area contributed by atoms with Gasteiger partial charge in [-0.05, 0) is 31.2 Å². The van der Waals surface area contributed by atoms with E-state index >= 15 is 0 Å². The Morgan fingerprint density at radius 2 is 1.92 bits per heavy atom. The molecule has 1 heterocycles. The minimum Gasteiger partial charge on any atom is -0.497 e. The Morgan fingerprint density at radius 3 is 2.69 bits per heavy atom. The van der Waals surface area contributed by atoms with Gasteiger partial charge in [-0.2, -0.15) is 0 Å². The van der Waals surface area contributed by atoms with Gasteiger partial charge in [-0.3, -0.25) is 4.79 Å². The van der Waals surface area contributed by atoms with Crippen molar-refractivity contribution in [3.05, 3.63) is 48.5 Å². The molecule has 0 radical (unpaired) electrons. The van der Waals surface area contributed by atoms with Crippen LogP contribution >= 0.6 is 0 Å². The summed E-state index contributed by atoms with van der Waals surface area (Å²) in [4.78, 5) is 23.0. The first-order valence-electron chi connectivity index (χ1n) is 8.40. The highest BCUT2D eigenvalue weighted by Crippen LogP contribution is 2.28. The van der Waals surface area contributed by atoms with Crippen molar-refractivity contribution < 1.29 is 14.3 Å². The van der Waals surface area contributed by atoms with E-state index in [0.717, 1.165) is 22.2 Å². The van der Waals surface area contributed by atoms with E-state index < -0.39 is 0 Å². The number of para-hydroxylation sites is 1. The second-order valence-electron chi connectivity index (χ2n) is 5.78. The number of anilines is 1. The van der Waals surface area contributed by atoms with Gasteiger partial charge < -0.3 is 14.4 Å². The Balaban J connectivity index is 2.07. The highest BCUT2D eigenvalue weighted by Gasteiger charge is 2.15. The summed E-state index contributed by atoms with van der Waals surface area (Å²) >= 11 is 0. The summed E-state index contributed by atoms with van der Waals surface area (Å²) in [6.07, 6.45) is 0. The summed E-state index contributed by atoms with van der Waals surface area (Å²) in [7, 11) is 3.44. The number of benzene rings is 2. The Kier molecular flexibility index (Phi) is 5.31. The van der Waals surface area contributed by atoms with Crippen molar-refractivity contribution in [1.82, 2.24) is 9.97 Å². The van der Waals surface area contributed by atoms with Crippen molar-refractivity contribution >= 4 is 22.7 Å². The van der Waals surface area contributed by atoms with E-state index in [-0.39, 0.29) is 12.5 Å². The maximum absolute atomic E-state index is 11.9.